The normalized spacial score (nSPS) is 7.86. The van der Waals surface area contributed by atoms with Crippen LogP contribution in [0.1, 0.15) is 12.8 Å². The van der Waals surface area contributed by atoms with E-state index >= 15 is 0 Å². The second-order valence-corrected chi connectivity index (χ2v) is 2.06. The lowest BCUT2D eigenvalue weighted by atomic mass is 10.3. The smallest absolute Gasteiger partial charge is 0.264 e. The summed E-state index contributed by atoms with van der Waals surface area (Å²) in [6.45, 7) is 0. The Kier molecular flexibility index (Phi) is 5.01. The van der Waals surface area contributed by atoms with Gasteiger partial charge in [-0.2, -0.15) is 10.5 Å². The van der Waals surface area contributed by atoms with Gasteiger partial charge in [0.05, 0.1) is 0 Å². The van der Waals surface area contributed by atoms with Crippen molar-refractivity contribution in [2.45, 2.75) is 12.8 Å². The first-order chi connectivity index (χ1) is 6.65. The van der Waals surface area contributed by atoms with E-state index in [4.69, 9.17) is 16.1 Å². The van der Waals surface area contributed by atoms with Crippen LogP contribution in [0, 0.1) is 28.4 Å². The van der Waals surface area contributed by atoms with E-state index in [1.165, 1.54) is 12.4 Å². The van der Waals surface area contributed by atoms with Crippen molar-refractivity contribution in [2.24, 2.45) is 5.11 Å². The molecule has 0 saturated heterocycles. The first-order valence-corrected chi connectivity index (χ1v) is 3.43. The van der Waals surface area contributed by atoms with Crippen molar-refractivity contribution >= 4 is 11.8 Å². The number of amides is 2. The summed E-state index contributed by atoms with van der Waals surface area (Å²) in [5.74, 6) is -1.49. The molecule has 2 amide bonds. The monoisotopic (exact) mass is 194 g/mol. The first kappa shape index (κ1) is 11.5. The fourth-order valence-electron chi connectivity index (χ4n) is 0.575. The van der Waals surface area contributed by atoms with E-state index in [1.54, 1.807) is 0 Å². The van der Waals surface area contributed by atoms with E-state index in [1.807, 2.05) is 5.43 Å². The van der Waals surface area contributed by atoms with Crippen LogP contribution in [0.15, 0.2) is 5.11 Å². The Morgan fingerprint density at radius 2 is 2.07 bits per heavy atom. The van der Waals surface area contributed by atoms with Crippen LogP contribution in [0.4, 0.5) is 0 Å². The molecule has 0 rings (SSSR count). The van der Waals surface area contributed by atoms with Crippen molar-refractivity contribution < 1.29 is 9.59 Å². The summed E-state index contributed by atoms with van der Waals surface area (Å²) in [7, 11) is 0. The summed E-state index contributed by atoms with van der Waals surface area (Å²) < 4.78 is 0. The Morgan fingerprint density at radius 3 is 2.50 bits per heavy atom. The number of hydrogen-bond donors (Lipinski definition) is 2. The molecule has 0 radical (unpaired) electrons. The molecule has 0 aromatic heterocycles. The average Bonchev–Trinajstić information content (AvgIpc) is 2.21. The lowest BCUT2D eigenvalue weighted by Gasteiger charge is -2.08. The van der Waals surface area contributed by atoms with Gasteiger partial charge in [0.1, 0.15) is 0 Å². The molecule has 8 nitrogen and oxygen atoms in total. The maximum Gasteiger partial charge on any atom is 0.264 e. The number of carbonyl (C=O) groups is 2. The molecule has 14 heavy (non-hydrogen) atoms. The minimum atomic E-state index is -0.756. The predicted octanol–water partition coefficient (Wildman–Crippen LogP) is -0.380. The van der Waals surface area contributed by atoms with Crippen molar-refractivity contribution in [2.75, 3.05) is 0 Å². The zero-order chi connectivity index (χ0) is 11.0. The van der Waals surface area contributed by atoms with Gasteiger partial charge in [-0.15, -0.1) is 10.1 Å². The minimum Gasteiger partial charge on any atom is -0.272 e. The van der Waals surface area contributed by atoms with Crippen LogP contribution in [-0.4, -0.2) is 16.8 Å². The van der Waals surface area contributed by atoms with Crippen LogP contribution >= 0.6 is 0 Å². The standard InChI is InChI=1S/C6H6N6O2/c7-3-10-12(4-8)6(14)2-1-5(13)11-9/h9-10H,1-2H2. The molecule has 0 unspecified atom stereocenters. The average molecular weight is 194 g/mol. The number of rotatable bonds is 4. The molecule has 0 aromatic carbocycles. The maximum atomic E-state index is 11.0. The molecular weight excluding hydrogens is 188 g/mol. The van der Waals surface area contributed by atoms with E-state index in [0.29, 0.717) is 5.01 Å². The molecule has 0 bridgehead atoms. The highest BCUT2D eigenvalue weighted by molar-refractivity contribution is 5.84. The Balaban J connectivity index is 4.08. The summed E-state index contributed by atoms with van der Waals surface area (Å²) >= 11 is 0. The summed E-state index contributed by atoms with van der Waals surface area (Å²) in [6, 6.07) is 0. The number of nitrogens with one attached hydrogen (secondary N) is 2. The molecule has 0 heterocycles. The molecule has 0 atom stereocenters. The van der Waals surface area contributed by atoms with E-state index in [9.17, 15) is 9.59 Å². The number of nitrogens with zero attached hydrogens (tertiary/aromatic N) is 4. The highest BCUT2D eigenvalue weighted by atomic mass is 16.2. The molecule has 8 heteroatoms. The Bertz CT molecular complexity index is 324. The van der Waals surface area contributed by atoms with Crippen LogP contribution < -0.4 is 5.43 Å². The molecule has 0 aromatic rings. The SMILES string of the molecule is N#CNN(C#N)C(=O)CCC(=O)N=N. The lowest BCUT2D eigenvalue weighted by Crippen LogP contribution is -2.35. The number of hydrogen-bond acceptors (Lipinski definition) is 6. The van der Waals surface area contributed by atoms with Crippen LogP contribution in [0.25, 0.3) is 0 Å². The topological polar surface area (TPSA) is 133 Å². The summed E-state index contributed by atoms with van der Waals surface area (Å²) in [6.07, 6.45) is 2.26. The molecule has 72 valence electrons. The second kappa shape index (κ2) is 6.08. The predicted molar refractivity (Wildman–Crippen MR) is 40.6 cm³/mol. The zero-order valence-electron chi connectivity index (χ0n) is 7.02. The Hall–Kier alpha value is -2.48. The van der Waals surface area contributed by atoms with Crippen LogP contribution in [0.5, 0.6) is 0 Å². The molecule has 0 aliphatic heterocycles. The third kappa shape index (κ3) is 3.78. The van der Waals surface area contributed by atoms with Crippen molar-refractivity contribution in [3.63, 3.8) is 0 Å². The molecule has 0 aliphatic rings. The lowest BCUT2D eigenvalue weighted by molar-refractivity contribution is -0.131. The van der Waals surface area contributed by atoms with Gasteiger partial charge in [0.15, 0.2) is 6.19 Å². The van der Waals surface area contributed by atoms with Crippen LogP contribution in [0.3, 0.4) is 0 Å². The van der Waals surface area contributed by atoms with E-state index in [2.05, 4.69) is 5.11 Å². The quantitative estimate of drug-likeness (QED) is 0.272. The van der Waals surface area contributed by atoms with Crippen molar-refractivity contribution in [3.05, 3.63) is 0 Å². The van der Waals surface area contributed by atoms with Crippen molar-refractivity contribution in [1.29, 1.82) is 16.1 Å². The third-order valence-electron chi connectivity index (χ3n) is 1.19. The van der Waals surface area contributed by atoms with E-state index < -0.39 is 11.8 Å². The van der Waals surface area contributed by atoms with Crippen LogP contribution in [-0.2, 0) is 9.59 Å². The molecule has 2 N–H and O–H groups in total. The minimum absolute atomic E-state index is 0.256. The number of carbonyl (C=O) groups excluding carboxylic acids is 2. The van der Waals surface area contributed by atoms with Crippen molar-refractivity contribution in [1.82, 2.24) is 10.4 Å². The maximum absolute atomic E-state index is 11.0. The summed E-state index contributed by atoms with van der Waals surface area (Å²) in [5.41, 5.74) is 8.12. The molecular formula is C6H6N6O2. The summed E-state index contributed by atoms with van der Waals surface area (Å²) in [4.78, 5) is 21.5. The fraction of sp³-hybridized carbons (Fsp3) is 0.333. The van der Waals surface area contributed by atoms with Gasteiger partial charge in [-0.25, -0.2) is 11.0 Å². The number of nitriles is 2. The molecule has 0 spiro atoms. The van der Waals surface area contributed by atoms with Gasteiger partial charge in [0, 0.05) is 12.8 Å². The van der Waals surface area contributed by atoms with Crippen LogP contribution in [0.2, 0.25) is 0 Å². The zero-order valence-corrected chi connectivity index (χ0v) is 7.02. The van der Waals surface area contributed by atoms with Gasteiger partial charge in [-0.1, -0.05) is 0 Å². The highest BCUT2D eigenvalue weighted by Crippen LogP contribution is 1.96. The van der Waals surface area contributed by atoms with Gasteiger partial charge in [-0.3, -0.25) is 9.59 Å². The fourth-order valence-corrected chi connectivity index (χ4v) is 0.575. The Labute approximate surface area is 79.2 Å². The number of hydrazine groups is 1. The second-order valence-electron chi connectivity index (χ2n) is 2.06. The Morgan fingerprint density at radius 1 is 1.43 bits per heavy atom. The van der Waals surface area contributed by atoms with Gasteiger partial charge < -0.3 is 0 Å². The van der Waals surface area contributed by atoms with Gasteiger partial charge in [-0.05, 0) is 0 Å². The summed E-state index contributed by atoms with van der Waals surface area (Å²) in [5, 5.41) is 19.4. The molecule has 0 fully saturated rings. The van der Waals surface area contributed by atoms with E-state index in [0.717, 1.165) is 0 Å². The largest absolute Gasteiger partial charge is 0.272 e. The molecule has 0 aliphatic carbocycles. The van der Waals surface area contributed by atoms with Gasteiger partial charge >= 0.3 is 0 Å². The van der Waals surface area contributed by atoms with E-state index in [-0.39, 0.29) is 12.8 Å². The van der Waals surface area contributed by atoms with Gasteiger partial charge in [0.25, 0.3) is 11.8 Å². The highest BCUT2D eigenvalue weighted by Gasteiger charge is 2.13. The van der Waals surface area contributed by atoms with Gasteiger partial charge in [0.2, 0.25) is 6.19 Å². The van der Waals surface area contributed by atoms with Crippen molar-refractivity contribution in [3.8, 4) is 12.4 Å². The molecule has 0 saturated carbocycles. The first-order valence-electron chi connectivity index (χ1n) is 3.43. The third-order valence-corrected chi connectivity index (χ3v) is 1.19.